The number of Topliss-reactive ketones (excluding diaryl/α,β-unsaturated/α-hetero) is 1. The molecule has 0 unspecified atom stereocenters. The number of aromatic nitrogens is 4. The SMILES string of the molecule is CC(=O)CSc1nc2ncnc(C)c2[nH]1. The standard InChI is InChI=1S/C9H10N4OS/c1-5(14)3-15-9-12-7-6(2)10-4-11-8(7)13-9/h4H,3H2,1-2H3,(H,10,11,12,13). The van der Waals surface area contributed by atoms with Crippen LogP contribution in [0.4, 0.5) is 0 Å². The second kappa shape index (κ2) is 3.98. The van der Waals surface area contributed by atoms with Crippen molar-refractivity contribution >= 4 is 28.7 Å². The van der Waals surface area contributed by atoms with Crippen LogP contribution in [0.15, 0.2) is 11.5 Å². The van der Waals surface area contributed by atoms with Crippen LogP contribution in [-0.2, 0) is 4.79 Å². The van der Waals surface area contributed by atoms with Crippen LogP contribution in [0.3, 0.4) is 0 Å². The number of imidazole rings is 1. The molecule has 2 aromatic heterocycles. The third-order valence-electron chi connectivity index (χ3n) is 1.87. The predicted molar refractivity (Wildman–Crippen MR) is 57.8 cm³/mol. The van der Waals surface area contributed by atoms with Gasteiger partial charge >= 0.3 is 0 Å². The normalized spacial score (nSPS) is 10.8. The van der Waals surface area contributed by atoms with Crippen molar-refractivity contribution in [2.75, 3.05) is 5.75 Å². The van der Waals surface area contributed by atoms with Crippen LogP contribution in [0.2, 0.25) is 0 Å². The second-order valence-electron chi connectivity index (χ2n) is 3.19. The first-order valence-corrected chi connectivity index (χ1v) is 5.45. The van der Waals surface area contributed by atoms with Crippen LogP contribution >= 0.6 is 11.8 Å². The molecule has 0 saturated carbocycles. The molecule has 0 bridgehead atoms. The van der Waals surface area contributed by atoms with Gasteiger partial charge in [-0.1, -0.05) is 11.8 Å². The number of thioether (sulfide) groups is 1. The molecule has 2 rings (SSSR count). The number of fused-ring (bicyclic) bond motifs is 1. The second-order valence-corrected chi connectivity index (χ2v) is 4.15. The molecule has 15 heavy (non-hydrogen) atoms. The first kappa shape index (κ1) is 10.1. The molecule has 0 aliphatic rings. The zero-order chi connectivity index (χ0) is 10.8. The van der Waals surface area contributed by atoms with E-state index in [0.29, 0.717) is 16.6 Å². The Balaban J connectivity index is 2.31. The highest BCUT2D eigenvalue weighted by atomic mass is 32.2. The maximum absolute atomic E-state index is 10.8. The highest BCUT2D eigenvalue weighted by molar-refractivity contribution is 7.99. The molecule has 6 heteroatoms. The molecule has 0 aliphatic carbocycles. The quantitative estimate of drug-likeness (QED) is 0.793. The molecule has 0 aliphatic heterocycles. The van der Waals surface area contributed by atoms with Crippen molar-refractivity contribution in [3.05, 3.63) is 12.0 Å². The molecular weight excluding hydrogens is 212 g/mol. The molecule has 78 valence electrons. The fourth-order valence-electron chi connectivity index (χ4n) is 1.16. The first-order chi connectivity index (χ1) is 7.16. The van der Waals surface area contributed by atoms with Crippen molar-refractivity contribution in [3.8, 4) is 0 Å². The van der Waals surface area contributed by atoms with E-state index in [1.54, 1.807) is 6.92 Å². The van der Waals surface area contributed by atoms with Crippen LogP contribution in [-0.4, -0.2) is 31.5 Å². The maximum Gasteiger partial charge on any atom is 0.182 e. The monoisotopic (exact) mass is 222 g/mol. The summed E-state index contributed by atoms with van der Waals surface area (Å²) in [4.78, 5) is 26.2. The topological polar surface area (TPSA) is 71.5 Å². The molecule has 0 saturated heterocycles. The lowest BCUT2D eigenvalue weighted by Crippen LogP contribution is -1.93. The van der Waals surface area contributed by atoms with Crippen LogP contribution in [0.1, 0.15) is 12.6 Å². The molecule has 0 amide bonds. The molecule has 0 radical (unpaired) electrons. The summed E-state index contributed by atoms with van der Waals surface area (Å²) >= 11 is 1.38. The third kappa shape index (κ3) is 2.15. The minimum atomic E-state index is 0.128. The highest BCUT2D eigenvalue weighted by Crippen LogP contribution is 2.18. The van der Waals surface area contributed by atoms with E-state index in [1.165, 1.54) is 18.1 Å². The zero-order valence-corrected chi connectivity index (χ0v) is 9.26. The Morgan fingerprint density at radius 1 is 1.53 bits per heavy atom. The van der Waals surface area contributed by atoms with Gasteiger partial charge < -0.3 is 4.98 Å². The Morgan fingerprint density at radius 3 is 3.00 bits per heavy atom. The number of nitrogens with one attached hydrogen (secondary N) is 1. The summed E-state index contributed by atoms with van der Waals surface area (Å²) in [6.07, 6.45) is 1.48. The van der Waals surface area contributed by atoms with Gasteiger partial charge in [0.1, 0.15) is 17.6 Å². The number of carbonyl (C=O) groups is 1. The average Bonchev–Trinajstić information content (AvgIpc) is 2.59. The number of rotatable bonds is 3. The van der Waals surface area contributed by atoms with E-state index in [1.807, 2.05) is 6.92 Å². The first-order valence-electron chi connectivity index (χ1n) is 4.46. The Kier molecular flexibility index (Phi) is 2.68. The highest BCUT2D eigenvalue weighted by Gasteiger charge is 2.07. The summed E-state index contributed by atoms with van der Waals surface area (Å²) in [5, 5.41) is 0.712. The number of aromatic amines is 1. The summed E-state index contributed by atoms with van der Waals surface area (Å²) < 4.78 is 0. The molecule has 1 N–H and O–H groups in total. The van der Waals surface area contributed by atoms with Crippen molar-refractivity contribution < 1.29 is 4.79 Å². The van der Waals surface area contributed by atoms with Crippen LogP contribution in [0, 0.1) is 6.92 Å². The number of ketones is 1. The van der Waals surface area contributed by atoms with Crippen LogP contribution in [0.25, 0.3) is 11.2 Å². The molecule has 2 aromatic rings. The van der Waals surface area contributed by atoms with Crippen molar-refractivity contribution in [1.29, 1.82) is 0 Å². The summed E-state index contributed by atoms with van der Waals surface area (Å²) in [5.41, 5.74) is 2.35. The van der Waals surface area contributed by atoms with Crippen molar-refractivity contribution in [3.63, 3.8) is 0 Å². The Labute approximate surface area is 90.7 Å². The van der Waals surface area contributed by atoms with Gasteiger partial charge in [-0.3, -0.25) is 4.79 Å². The van der Waals surface area contributed by atoms with E-state index in [2.05, 4.69) is 19.9 Å². The van der Waals surface area contributed by atoms with Crippen molar-refractivity contribution in [2.24, 2.45) is 0 Å². The summed E-state index contributed by atoms with van der Waals surface area (Å²) in [7, 11) is 0. The number of aryl methyl sites for hydroxylation is 1. The van der Waals surface area contributed by atoms with Crippen molar-refractivity contribution in [2.45, 2.75) is 19.0 Å². The van der Waals surface area contributed by atoms with Gasteiger partial charge in [0.05, 0.1) is 11.4 Å². The van der Waals surface area contributed by atoms with Gasteiger partial charge in [-0.2, -0.15) is 0 Å². The molecule has 0 aromatic carbocycles. The number of hydrogen-bond acceptors (Lipinski definition) is 5. The predicted octanol–water partition coefficient (Wildman–Crippen LogP) is 1.34. The lowest BCUT2D eigenvalue weighted by Gasteiger charge is -1.91. The number of nitrogens with zero attached hydrogens (tertiary/aromatic N) is 3. The third-order valence-corrected chi connectivity index (χ3v) is 2.89. The van der Waals surface area contributed by atoms with Gasteiger partial charge in [-0.25, -0.2) is 15.0 Å². The minimum Gasteiger partial charge on any atom is -0.330 e. The van der Waals surface area contributed by atoms with Gasteiger partial charge in [-0.15, -0.1) is 0 Å². The lowest BCUT2D eigenvalue weighted by molar-refractivity contribution is -0.114. The van der Waals surface area contributed by atoms with E-state index in [0.717, 1.165) is 11.2 Å². The zero-order valence-electron chi connectivity index (χ0n) is 8.44. The lowest BCUT2D eigenvalue weighted by atomic mass is 10.4. The number of H-pyrrole nitrogens is 1. The molecule has 0 atom stereocenters. The van der Waals surface area contributed by atoms with E-state index < -0.39 is 0 Å². The van der Waals surface area contributed by atoms with Crippen LogP contribution in [0.5, 0.6) is 0 Å². The number of hydrogen-bond donors (Lipinski definition) is 1. The molecule has 5 nitrogen and oxygen atoms in total. The van der Waals surface area contributed by atoms with Gasteiger partial charge in [0.15, 0.2) is 10.8 Å². The summed E-state index contributed by atoms with van der Waals surface area (Å²) in [6.45, 7) is 3.45. The van der Waals surface area contributed by atoms with Gasteiger partial charge in [0.25, 0.3) is 0 Å². The smallest absolute Gasteiger partial charge is 0.182 e. The fraction of sp³-hybridized carbons (Fsp3) is 0.333. The average molecular weight is 222 g/mol. The molecular formula is C9H10N4OS. The fourth-order valence-corrected chi connectivity index (χ4v) is 1.83. The Hall–Kier alpha value is -1.43. The van der Waals surface area contributed by atoms with Crippen molar-refractivity contribution in [1.82, 2.24) is 19.9 Å². The summed E-state index contributed by atoms with van der Waals surface area (Å²) in [5.74, 6) is 0.551. The summed E-state index contributed by atoms with van der Waals surface area (Å²) in [6, 6.07) is 0. The Morgan fingerprint density at radius 2 is 2.33 bits per heavy atom. The maximum atomic E-state index is 10.8. The van der Waals surface area contributed by atoms with Crippen LogP contribution < -0.4 is 0 Å². The molecule has 0 spiro atoms. The van der Waals surface area contributed by atoms with Gasteiger partial charge in [-0.05, 0) is 13.8 Å². The van der Waals surface area contributed by atoms with E-state index in [-0.39, 0.29) is 5.78 Å². The largest absolute Gasteiger partial charge is 0.330 e. The van der Waals surface area contributed by atoms with E-state index in [9.17, 15) is 4.79 Å². The van der Waals surface area contributed by atoms with Gasteiger partial charge in [0, 0.05) is 0 Å². The number of carbonyl (C=O) groups excluding carboxylic acids is 1. The van der Waals surface area contributed by atoms with Gasteiger partial charge in [0.2, 0.25) is 0 Å². The van der Waals surface area contributed by atoms with E-state index >= 15 is 0 Å². The molecule has 2 heterocycles. The van der Waals surface area contributed by atoms with E-state index in [4.69, 9.17) is 0 Å². The Bertz CT molecular complexity index is 508. The minimum absolute atomic E-state index is 0.128. The molecule has 0 fully saturated rings.